The zero-order valence-corrected chi connectivity index (χ0v) is 20.2. The van der Waals surface area contributed by atoms with Gasteiger partial charge in [-0.15, -0.1) is 0 Å². The van der Waals surface area contributed by atoms with Gasteiger partial charge < -0.3 is 20.5 Å². The Balaban J connectivity index is 1.43. The van der Waals surface area contributed by atoms with Crippen molar-refractivity contribution >= 4 is 17.8 Å². The van der Waals surface area contributed by atoms with Crippen LogP contribution in [-0.2, 0) is 11.0 Å². The number of aryl methyl sites for hydroxylation is 1. The van der Waals surface area contributed by atoms with Crippen LogP contribution in [0.1, 0.15) is 57.5 Å². The van der Waals surface area contributed by atoms with Crippen molar-refractivity contribution in [3.8, 4) is 5.75 Å². The fraction of sp³-hybridized carbons (Fsp3) is 0.423. The maximum absolute atomic E-state index is 13.7. The Bertz CT molecular complexity index is 1140. The zero-order chi connectivity index (χ0) is 27.2. The molecule has 200 valence electrons. The van der Waals surface area contributed by atoms with E-state index in [0.717, 1.165) is 18.9 Å². The summed E-state index contributed by atoms with van der Waals surface area (Å²) in [5, 5.41) is 14.1. The SMILES string of the molecule is Cc1cc(OCC2CCC(C(=O)O)CC2)ccc1C(=O)NCCNC(=O)c1ccc(C(F)(F)F)c(F)c1. The molecule has 0 radical (unpaired) electrons. The van der Waals surface area contributed by atoms with Crippen molar-refractivity contribution in [1.82, 2.24) is 10.6 Å². The van der Waals surface area contributed by atoms with Gasteiger partial charge in [0.1, 0.15) is 11.6 Å². The molecule has 11 heteroatoms. The van der Waals surface area contributed by atoms with Crippen molar-refractivity contribution in [3.05, 3.63) is 64.5 Å². The zero-order valence-electron chi connectivity index (χ0n) is 20.2. The largest absolute Gasteiger partial charge is 0.493 e. The normalized spacial score (nSPS) is 17.6. The van der Waals surface area contributed by atoms with E-state index in [1.165, 1.54) is 0 Å². The van der Waals surface area contributed by atoms with Gasteiger partial charge in [-0.1, -0.05) is 0 Å². The Kier molecular flexibility index (Phi) is 9.12. The molecule has 0 heterocycles. The van der Waals surface area contributed by atoms with E-state index in [0.29, 0.717) is 48.5 Å². The third kappa shape index (κ3) is 7.68. The highest BCUT2D eigenvalue weighted by molar-refractivity contribution is 5.96. The monoisotopic (exact) mass is 524 g/mol. The molecule has 1 aliphatic rings. The van der Waals surface area contributed by atoms with Crippen LogP contribution in [0.15, 0.2) is 36.4 Å². The highest BCUT2D eigenvalue weighted by atomic mass is 19.4. The second kappa shape index (κ2) is 12.1. The van der Waals surface area contributed by atoms with Crippen LogP contribution in [0.25, 0.3) is 0 Å². The minimum atomic E-state index is -4.85. The lowest BCUT2D eigenvalue weighted by molar-refractivity contribution is -0.143. The van der Waals surface area contributed by atoms with E-state index >= 15 is 0 Å². The number of carboxylic acids is 1. The van der Waals surface area contributed by atoms with Gasteiger partial charge in [-0.25, -0.2) is 4.39 Å². The number of halogens is 4. The lowest BCUT2D eigenvalue weighted by atomic mass is 9.82. The second-order valence-corrected chi connectivity index (χ2v) is 9.05. The number of carboxylic acid groups (broad SMARTS) is 1. The molecular formula is C26H28F4N2O5. The lowest BCUT2D eigenvalue weighted by Gasteiger charge is -2.26. The summed E-state index contributed by atoms with van der Waals surface area (Å²) in [6.07, 6.45) is -1.98. The van der Waals surface area contributed by atoms with Crippen molar-refractivity contribution in [2.75, 3.05) is 19.7 Å². The Morgan fingerprint density at radius 3 is 2.19 bits per heavy atom. The van der Waals surface area contributed by atoms with Gasteiger partial charge in [0, 0.05) is 24.2 Å². The van der Waals surface area contributed by atoms with Gasteiger partial charge in [-0.3, -0.25) is 14.4 Å². The van der Waals surface area contributed by atoms with Crippen LogP contribution in [0.3, 0.4) is 0 Å². The first-order chi connectivity index (χ1) is 17.5. The molecule has 2 aromatic carbocycles. The van der Waals surface area contributed by atoms with Crippen LogP contribution >= 0.6 is 0 Å². The second-order valence-electron chi connectivity index (χ2n) is 9.05. The fourth-order valence-corrected chi connectivity index (χ4v) is 4.21. The summed E-state index contributed by atoms with van der Waals surface area (Å²) >= 11 is 0. The smallest absolute Gasteiger partial charge is 0.419 e. The number of nitrogens with one attached hydrogen (secondary N) is 2. The molecule has 1 saturated carbocycles. The molecule has 0 unspecified atom stereocenters. The Morgan fingerprint density at radius 2 is 1.62 bits per heavy atom. The fourth-order valence-electron chi connectivity index (χ4n) is 4.21. The molecule has 3 rings (SSSR count). The summed E-state index contributed by atoms with van der Waals surface area (Å²) in [6.45, 7) is 2.25. The van der Waals surface area contributed by atoms with Crippen LogP contribution in [0, 0.1) is 24.6 Å². The number of benzene rings is 2. The molecule has 0 bridgehead atoms. The van der Waals surface area contributed by atoms with Crippen LogP contribution in [-0.4, -0.2) is 42.6 Å². The van der Waals surface area contributed by atoms with Crippen LogP contribution in [0.4, 0.5) is 17.6 Å². The van der Waals surface area contributed by atoms with Crippen molar-refractivity contribution in [3.63, 3.8) is 0 Å². The first kappa shape index (κ1) is 27.9. The number of amides is 2. The third-order valence-corrected chi connectivity index (χ3v) is 6.36. The molecule has 2 aromatic rings. The molecule has 1 aliphatic carbocycles. The van der Waals surface area contributed by atoms with E-state index in [9.17, 15) is 31.9 Å². The van der Waals surface area contributed by atoms with Gasteiger partial charge in [-0.05, 0) is 80.5 Å². The van der Waals surface area contributed by atoms with Gasteiger partial charge in [0.05, 0.1) is 18.1 Å². The summed E-state index contributed by atoms with van der Waals surface area (Å²) in [5.74, 6) is -2.83. The molecule has 1 fully saturated rings. The summed E-state index contributed by atoms with van der Waals surface area (Å²) in [4.78, 5) is 35.6. The number of aliphatic carboxylic acids is 1. The van der Waals surface area contributed by atoms with Crippen molar-refractivity contribution in [2.45, 2.75) is 38.8 Å². The Morgan fingerprint density at radius 1 is 0.973 bits per heavy atom. The van der Waals surface area contributed by atoms with E-state index < -0.39 is 29.4 Å². The summed E-state index contributed by atoms with van der Waals surface area (Å²) in [6, 6.07) is 6.93. The molecule has 0 saturated heterocycles. The molecule has 0 atom stereocenters. The third-order valence-electron chi connectivity index (χ3n) is 6.36. The summed E-state index contributed by atoms with van der Waals surface area (Å²) < 4.78 is 57.4. The average molecular weight is 525 g/mol. The number of hydrogen-bond donors (Lipinski definition) is 3. The maximum atomic E-state index is 13.7. The van der Waals surface area contributed by atoms with Crippen molar-refractivity contribution in [1.29, 1.82) is 0 Å². The van der Waals surface area contributed by atoms with Gasteiger partial charge in [0.2, 0.25) is 0 Å². The summed E-state index contributed by atoms with van der Waals surface area (Å²) in [5.41, 5.74) is -0.636. The molecule has 0 aromatic heterocycles. The standard InChI is InChI=1S/C26H28F4N2O5/c1-15-12-19(37-14-16-2-4-17(5-3-16)25(35)36)7-8-20(15)24(34)32-11-10-31-23(33)18-6-9-21(22(27)13-18)26(28,29)30/h6-9,12-13,16-17H,2-5,10-11,14H2,1H3,(H,31,33)(H,32,34)(H,35,36). The number of carbonyl (C=O) groups excluding carboxylic acids is 2. The van der Waals surface area contributed by atoms with E-state index in [1.807, 2.05) is 0 Å². The number of carbonyl (C=O) groups is 3. The minimum Gasteiger partial charge on any atom is -0.493 e. The number of ether oxygens (including phenoxy) is 1. The molecule has 0 aliphatic heterocycles. The first-order valence-electron chi connectivity index (χ1n) is 11.8. The highest BCUT2D eigenvalue weighted by Gasteiger charge is 2.34. The van der Waals surface area contributed by atoms with Crippen LogP contribution < -0.4 is 15.4 Å². The minimum absolute atomic E-state index is 0.0163. The summed E-state index contributed by atoms with van der Waals surface area (Å²) in [7, 11) is 0. The molecule has 2 amide bonds. The van der Waals surface area contributed by atoms with Gasteiger partial charge in [0.15, 0.2) is 0 Å². The van der Waals surface area contributed by atoms with Gasteiger partial charge in [0.25, 0.3) is 11.8 Å². The topological polar surface area (TPSA) is 105 Å². The Hall–Kier alpha value is -3.63. The maximum Gasteiger partial charge on any atom is 0.419 e. The average Bonchev–Trinajstić information content (AvgIpc) is 2.84. The molecule has 3 N–H and O–H groups in total. The molecular weight excluding hydrogens is 496 g/mol. The number of hydrogen-bond acceptors (Lipinski definition) is 4. The molecule has 7 nitrogen and oxygen atoms in total. The van der Waals surface area contributed by atoms with Crippen molar-refractivity contribution < 1.29 is 41.8 Å². The number of alkyl halides is 3. The predicted molar refractivity (Wildman–Crippen MR) is 126 cm³/mol. The highest BCUT2D eigenvalue weighted by Crippen LogP contribution is 2.32. The predicted octanol–water partition coefficient (Wildman–Crippen LogP) is 4.58. The number of rotatable bonds is 9. The van der Waals surface area contributed by atoms with E-state index in [2.05, 4.69) is 10.6 Å². The van der Waals surface area contributed by atoms with E-state index in [-0.39, 0.29) is 36.4 Å². The first-order valence-corrected chi connectivity index (χ1v) is 11.8. The van der Waals surface area contributed by atoms with Crippen molar-refractivity contribution in [2.24, 2.45) is 11.8 Å². The van der Waals surface area contributed by atoms with Gasteiger partial charge >= 0.3 is 12.1 Å². The lowest BCUT2D eigenvalue weighted by Crippen LogP contribution is -2.35. The quantitative estimate of drug-likeness (QED) is 0.329. The van der Waals surface area contributed by atoms with Gasteiger partial charge in [-0.2, -0.15) is 13.2 Å². The van der Waals surface area contributed by atoms with E-state index in [1.54, 1.807) is 25.1 Å². The molecule has 0 spiro atoms. The van der Waals surface area contributed by atoms with E-state index in [4.69, 9.17) is 9.84 Å². The van der Waals surface area contributed by atoms with Crippen LogP contribution in [0.5, 0.6) is 5.75 Å². The molecule has 37 heavy (non-hydrogen) atoms. The van der Waals surface area contributed by atoms with Crippen LogP contribution in [0.2, 0.25) is 0 Å². The Labute approximate surface area is 211 Å².